The minimum absolute atomic E-state index is 0.0371. The predicted octanol–water partition coefficient (Wildman–Crippen LogP) is 3.10. The zero-order valence-electron chi connectivity index (χ0n) is 13.7. The first-order valence-electron chi connectivity index (χ1n) is 8.57. The Bertz CT molecular complexity index is 771. The minimum Gasteiger partial charge on any atom is -0.481 e. The lowest BCUT2D eigenvalue weighted by Crippen LogP contribution is -2.26. The predicted molar refractivity (Wildman–Crippen MR) is 92.2 cm³/mol. The van der Waals surface area contributed by atoms with Crippen molar-refractivity contribution in [2.24, 2.45) is 0 Å². The van der Waals surface area contributed by atoms with Crippen molar-refractivity contribution in [1.82, 2.24) is 10.3 Å². The molecule has 0 aliphatic heterocycles. The molecule has 1 heterocycles. The molecule has 2 aromatic rings. The van der Waals surface area contributed by atoms with Gasteiger partial charge in [-0.05, 0) is 43.7 Å². The summed E-state index contributed by atoms with van der Waals surface area (Å²) in [6, 6.07) is 7.80. The Kier molecular flexibility index (Phi) is 5.08. The van der Waals surface area contributed by atoms with E-state index in [1.807, 2.05) is 24.3 Å². The van der Waals surface area contributed by atoms with Gasteiger partial charge in [0.25, 0.3) is 5.91 Å². The maximum Gasteiger partial charge on any atom is 0.303 e. The lowest BCUT2D eigenvalue weighted by molar-refractivity contribution is -0.137. The van der Waals surface area contributed by atoms with Crippen molar-refractivity contribution in [3.63, 3.8) is 0 Å². The van der Waals surface area contributed by atoms with Gasteiger partial charge in [-0.2, -0.15) is 0 Å². The Morgan fingerprint density at radius 2 is 1.96 bits per heavy atom. The first kappa shape index (κ1) is 16.4. The van der Waals surface area contributed by atoms with Crippen molar-refractivity contribution in [3.05, 3.63) is 41.1 Å². The minimum atomic E-state index is -0.766. The smallest absolute Gasteiger partial charge is 0.303 e. The second-order valence-electron chi connectivity index (χ2n) is 6.24. The Labute approximate surface area is 141 Å². The highest BCUT2D eigenvalue weighted by Gasteiger charge is 2.23. The van der Waals surface area contributed by atoms with E-state index in [9.17, 15) is 9.59 Å². The van der Waals surface area contributed by atoms with Gasteiger partial charge in [-0.1, -0.05) is 24.6 Å². The van der Waals surface area contributed by atoms with Crippen LogP contribution in [0.25, 0.3) is 10.9 Å². The van der Waals surface area contributed by atoms with Crippen LogP contribution in [0.15, 0.2) is 24.3 Å². The number of carboxylic acids is 1. The molecule has 1 amide bonds. The first-order chi connectivity index (χ1) is 11.7. The average Bonchev–Trinajstić information content (AvgIpc) is 3.03. The summed E-state index contributed by atoms with van der Waals surface area (Å²) in [5, 5.41) is 12.5. The number of hydrogen-bond acceptors (Lipinski definition) is 3. The second-order valence-corrected chi connectivity index (χ2v) is 6.24. The van der Waals surface area contributed by atoms with E-state index in [4.69, 9.17) is 10.1 Å². The molecule has 0 fully saturated rings. The van der Waals surface area contributed by atoms with Crippen LogP contribution in [0.3, 0.4) is 0 Å². The zero-order valence-corrected chi connectivity index (χ0v) is 13.7. The number of hydrogen-bond donors (Lipinski definition) is 2. The fraction of sp³-hybridized carbons (Fsp3) is 0.421. The van der Waals surface area contributed by atoms with Crippen molar-refractivity contribution >= 4 is 22.8 Å². The van der Waals surface area contributed by atoms with Crippen LogP contribution >= 0.6 is 0 Å². The third kappa shape index (κ3) is 3.55. The highest BCUT2D eigenvalue weighted by atomic mass is 16.4. The number of aryl methyl sites for hydroxylation is 1. The average molecular weight is 326 g/mol. The molecular weight excluding hydrogens is 304 g/mol. The molecule has 0 spiro atoms. The Hall–Kier alpha value is -2.43. The number of unbranched alkanes of at least 4 members (excludes halogenated alkanes) is 2. The summed E-state index contributed by atoms with van der Waals surface area (Å²) >= 11 is 0. The number of fused-ring (bicyclic) bond motifs is 2. The molecule has 0 unspecified atom stereocenters. The normalized spacial score (nSPS) is 13.0. The van der Waals surface area contributed by atoms with E-state index in [0.717, 1.165) is 59.8 Å². The number of amides is 1. The molecule has 5 nitrogen and oxygen atoms in total. The van der Waals surface area contributed by atoms with Crippen LogP contribution < -0.4 is 5.32 Å². The number of carbonyl (C=O) groups excluding carboxylic acids is 1. The van der Waals surface area contributed by atoms with Crippen LogP contribution in [-0.2, 0) is 17.6 Å². The summed E-state index contributed by atoms with van der Waals surface area (Å²) < 4.78 is 0. The molecule has 126 valence electrons. The second kappa shape index (κ2) is 7.43. The summed E-state index contributed by atoms with van der Waals surface area (Å²) in [6.45, 7) is 0.573. The number of carboxylic acid groups (broad SMARTS) is 1. The van der Waals surface area contributed by atoms with E-state index in [0.29, 0.717) is 13.0 Å². The molecule has 1 aliphatic carbocycles. The monoisotopic (exact) mass is 326 g/mol. The Balaban J connectivity index is 1.70. The zero-order chi connectivity index (χ0) is 16.9. The highest BCUT2D eigenvalue weighted by molar-refractivity contribution is 6.07. The van der Waals surface area contributed by atoms with Gasteiger partial charge in [0, 0.05) is 24.0 Å². The van der Waals surface area contributed by atoms with Crippen LogP contribution in [0.2, 0.25) is 0 Å². The van der Waals surface area contributed by atoms with Crippen molar-refractivity contribution in [2.75, 3.05) is 6.54 Å². The molecule has 3 rings (SSSR count). The van der Waals surface area contributed by atoms with Crippen molar-refractivity contribution in [1.29, 1.82) is 0 Å². The Morgan fingerprint density at radius 1 is 1.12 bits per heavy atom. The molecule has 5 heteroatoms. The molecule has 0 saturated heterocycles. The third-order valence-electron chi connectivity index (χ3n) is 4.50. The fourth-order valence-electron chi connectivity index (χ4n) is 3.34. The van der Waals surface area contributed by atoms with Crippen LogP contribution in [0, 0.1) is 0 Å². The molecule has 0 atom stereocenters. The van der Waals surface area contributed by atoms with Gasteiger partial charge in [0.1, 0.15) is 0 Å². The number of para-hydroxylation sites is 1. The molecule has 1 aromatic heterocycles. The topological polar surface area (TPSA) is 79.3 Å². The number of carbonyl (C=O) groups is 2. The van der Waals surface area contributed by atoms with Gasteiger partial charge >= 0.3 is 5.97 Å². The number of benzene rings is 1. The number of pyridine rings is 1. The van der Waals surface area contributed by atoms with Crippen molar-refractivity contribution in [2.45, 2.75) is 44.9 Å². The van der Waals surface area contributed by atoms with Crippen LogP contribution in [-0.4, -0.2) is 28.5 Å². The molecule has 0 saturated carbocycles. The van der Waals surface area contributed by atoms with Gasteiger partial charge in [-0.25, -0.2) is 0 Å². The molecule has 1 aliphatic rings. The lowest BCUT2D eigenvalue weighted by atomic mass is 10.0. The van der Waals surface area contributed by atoms with E-state index in [2.05, 4.69) is 5.32 Å². The molecule has 24 heavy (non-hydrogen) atoms. The first-order valence-corrected chi connectivity index (χ1v) is 8.57. The van der Waals surface area contributed by atoms with Crippen LogP contribution in [0.4, 0.5) is 0 Å². The number of aliphatic carboxylic acids is 1. The fourth-order valence-corrected chi connectivity index (χ4v) is 3.34. The van der Waals surface area contributed by atoms with E-state index < -0.39 is 5.97 Å². The van der Waals surface area contributed by atoms with Gasteiger partial charge in [-0.3, -0.25) is 14.6 Å². The molecular formula is C19H22N2O3. The summed E-state index contributed by atoms with van der Waals surface area (Å²) in [4.78, 5) is 27.9. The van der Waals surface area contributed by atoms with Gasteiger partial charge in [0.05, 0.1) is 11.1 Å². The van der Waals surface area contributed by atoms with Gasteiger partial charge in [-0.15, -0.1) is 0 Å². The summed E-state index contributed by atoms with van der Waals surface area (Å²) in [7, 11) is 0. The van der Waals surface area contributed by atoms with Crippen molar-refractivity contribution < 1.29 is 14.7 Å². The molecule has 1 aromatic carbocycles. The molecule has 0 bridgehead atoms. The standard InChI is InChI=1S/C19H22N2O3/c22-17(23)11-2-1-5-12-20-19(24)18-13-7-3-4-9-15(13)21-16-10-6-8-14(16)18/h3-4,7,9H,1-2,5-6,8,10-12H2,(H,20,24)(H,22,23). The summed E-state index contributed by atoms with van der Waals surface area (Å²) in [5.74, 6) is -0.803. The molecule has 0 radical (unpaired) electrons. The summed E-state index contributed by atoms with van der Waals surface area (Å²) in [5.41, 5.74) is 3.81. The number of rotatable bonds is 7. The maximum atomic E-state index is 12.7. The van der Waals surface area contributed by atoms with Gasteiger partial charge in [0.15, 0.2) is 0 Å². The van der Waals surface area contributed by atoms with E-state index in [1.165, 1.54) is 0 Å². The lowest BCUT2D eigenvalue weighted by Gasteiger charge is -2.12. The number of aromatic nitrogens is 1. The summed E-state index contributed by atoms with van der Waals surface area (Å²) in [6.07, 6.45) is 5.35. The van der Waals surface area contributed by atoms with Crippen molar-refractivity contribution in [3.8, 4) is 0 Å². The van der Waals surface area contributed by atoms with E-state index >= 15 is 0 Å². The molecule has 2 N–H and O–H groups in total. The van der Waals surface area contributed by atoms with Gasteiger partial charge in [0.2, 0.25) is 0 Å². The third-order valence-corrected chi connectivity index (χ3v) is 4.50. The maximum absolute atomic E-state index is 12.7. The van der Waals surface area contributed by atoms with Crippen LogP contribution in [0.1, 0.15) is 53.7 Å². The quantitative estimate of drug-likeness (QED) is 0.766. The van der Waals surface area contributed by atoms with Gasteiger partial charge < -0.3 is 10.4 Å². The van der Waals surface area contributed by atoms with E-state index in [-0.39, 0.29) is 12.3 Å². The number of nitrogens with zero attached hydrogens (tertiary/aromatic N) is 1. The SMILES string of the molecule is O=C(O)CCCCCNC(=O)c1c2c(nc3ccccc13)CCC2. The number of nitrogens with one attached hydrogen (secondary N) is 1. The van der Waals surface area contributed by atoms with E-state index in [1.54, 1.807) is 0 Å². The highest BCUT2D eigenvalue weighted by Crippen LogP contribution is 2.29. The van der Waals surface area contributed by atoms with Crippen LogP contribution in [0.5, 0.6) is 0 Å². The largest absolute Gasteiger partial charge is 0.481 e. The Morgan fingerprint density at radius 3 is 2.79 bits per heavy atom.